The van der Waals surface area contributed by atoms with Crippen molar-refractivity contribution in [2.45, 2.75) is 13.3 Å². The van der Waals surface area contributed by atoms with Crippen LogP contribution in [0.2, 0.25) is 0 Å². The van der Waals surface area contributed by atoms with Crippen LogP contribution < -0.4 is 0 Å². The van der Waals surface area contributed by atoms with Gasteiger partial charge < -0.3 is 9.84 Å². The van der Waals surface area contributed by atoms with E-state index in [-0.39, 0.29) is 11.8 Å². The smallest absolute Gasteiger partial charge is 0.338 e. The Morgan fingerprint density at radius 2 is 1.91 bits per heavy atom. The van der Waals surface area contributed by atoms with Gasteiger partial charge in [0.25, 0.3) is 0 Å². The van der Waals surface area contributed by atoms with Crippen LogP contribution in [0.5, 0.6) is 5.88 Å². The zero-order valence-corrected chi connectivity index (χ0v) is 14.0. The molecule has 2 aromatic heterocycles. The molecule has 23 heavy (non-hydrogen) atoms. The maximum atomic E-state index is 12.1. The Balaban J connectivity index is 1.87. The molecule has 0 saturated heterocycles. The highest BCUT2D eigenvalue weighted by atomic mass is 32.1. The zero-order chi connectivity index (χ0) is 16.2. The quantitative estimate of drug-likeness (QED) is 0.713. The van der Waals surface area contributed by atoms with Gasteiger partial charge in [-0.1, -0.05) is 18.2 Å². The summed E-state index contributed by atoms with van der Waals surface area (Å²) in [6, 6.07) is 7.28. The van der Waals surface area contributed by atoms with E-state index in [0.29, 0.717) is 18.6 Å². The minimum atomic E-state index is -0.345. The number of carbonyl (C=O) groups excluding carboxylic acids is 1. The van der Waals surface area contributed by atoms with E-state index in [1.807, 2.05) is 17.5 Å². The Kier molecular flexibility index (Phi) is 4.68. The van der Waals surface area contributed by atoms with E-state index in [1.54, 1.807) is 24.4 Å². The van der Waals surface area contributed by atoms with Gasteiger partial charge in [-0.15, -0.1) is 22.7 Å². The summed E-state index contributed by atoms with van der Waals surface area (Å²) >= 11 is 2.90. The average Bonchev–Trinajstić information content (AvgIpc) is 3.17. The molecule has 0 radical (unpaired) electrons. The van der Waals surface area contributed by atoms with E-state index in [9.17, 15) is 9.90 Å². The number of hydrogen-bond acceptors (Lipinski definition) is 7. The van der Waals surface area contributed by atoms with Crippen LogP contribution in [0.15, 0.2) is 35.0 Å². The lowest BCUT2D eigenvalue weighted by Gasteiger charge is -2.06. The van der Waals surface area contributed by atoms with Crippen molar-refractivity contribution < 1.29 is 14.6 Å². The third-order valence-corrected chi connectivity index (χ3v) is 4.78. The van der Waals surface area contributed by atoms with E-state index in [4.69, 9.17) is 4.74 Å². The van der Waals surface area contributed by atoms with Crippen LogP contribution in [0, 0.1) is 0 Å². The predicted octanol–water partition coefficient (Wildman–Crippen LogP) is 3.74. The fraction of sp³-hybridized carbons (Fsp3) is 0.188. The molecule has 0 atom stereocenters. The molecule has 0 amide bonds. The molecule has 0 aliphatic heterocycles. The molecule has 7 heteroatoms. The standard InChI is InChI=1S/C16H14N2O3S2/c1-2-21-16(20)11-6-4-3-5-10(11)12-8-22-14(17-12)7-15-18-13(19)9-23-15/h3-6,8-9,19H,2,7H2,1H3. The Morgan fingerprint density at radius 3 is 2.65 bits per heavy atom. The summed E-state index contributed by atoms with van der Waals surface area (Å²) in [7, 11) is 0. The number of aromatic nitrogens is 2. The van der Waals surface area contributed by atoms with Crippen molar-refractivity contribution in [3.8, 4) is 17.1 Å². The summed E-state index contributed by atoms with van der Waals surface area (Å²) in [6.45, 7) is 2.12. The number of aromatic hydroxyl groups is 1. The first-order valence-electron chi connectivity index (χ1n) is 7.01. The van der Waals surface area contributed by atoms with Gasteiger partial charge in [-0.2, -0.15) is 0 Å². The first kappa shape index (κ1) is 15.6. The molecule has 118 valence electrons. The third-order valence-electron chi connectivity index (χ3n) is 3.09. The van der Waals surface area contributed by atoms with Crippen LogP contribution in [0.4, 0.5) is 0 Å². The Morgan fingerprint density at radius 1 is 1.17 bits per heavy atom. The van der Waals surface area contributed by atoms with E-state index < -0.39 is 0 Å². The van der Waals surface area contributed by atoms with Crippen molar-refractivity contribution in [3.05, 3.63) is 50.6 Å². The van der Waals surface area contributed by atoms with Gasteiger partial charge in [-0.3, -0.25) is 0 Å². The molecule has 2 heterocycles. The largest absolute Gasteiger partial charge is 0.493 e. The Hall–Kier alpha value is -2.25. The molecule has 3 rings (SSSR count). The van der Waals surface area contributed by atoms with Crippen LogP contribution in [-0.4, -0.2) is 27.7 Å². The third kappa shape index (κ3) is 3.57. The molecule has 0 saturated carbocycles. The monoisotopic (exact) mass is 346 g/mol. The Labute approximate surface area is 141 Å². The number of benzene rings is 1. The first-order chi connectivity index (χ1) is 11.2. The highest BCUT2D eigenvalue weighted by Gasteiger charge is 2.16. The number of rotatable bonds is 5. The number of carbonyl (C=O) groups is 1. The molecule has 0 aliphatic rings. The fourth-order valence-electron chi connectivity index (χ4n) is 2.12. The van der Waals surface area contributed by atoms with Crippen LogP contribution >= 0.6 is 22.7 Å². The number of ether oxygens (including phenoxy) is 1. The minimum Gasteiger partial charge on any atom is -0.493 e. The topological polar surface area (TPSA) is 72.3 Å². The maximum absolute atomic E-state index is 12.1. The summed E-state index contributed by atoms with van der Waals surface area (Å²) in [5.41, 5.74) is 2.02. The molecule has 3 aromatic rings. The fourth-order valence-corrected chi connectivity index (χ4v) is 3.67. The van der Waals surface area contributed by atoms with Crippen molar-refractivity contribution in [2.75, 3.05) is 6.61 Å². The van der Waals surface area contributed by atoms with Gasteiger partial charge in [0, 0.05) is 10.9 Å². The molecular weight excluding hydrogens is 332 g/mol. The van der Waals surface area contributed by atoms with Gasteiger partial charge in [0.2, 0.25) is 5.88 Å². The molecule has 5 nitrogen and oxygen atoms in total. The maximum Gasteiger partial charge on any atom is 0.338 e. The molecule has 0 fully saturated rings. The molecular formula is C16H14N2O3S2. The van der Waals surface area contributed by atoms with Gasteiger partial charge in [0.1, 0.15) is 10.0 Å². The summed E-state index contributed by atoms with van der Waals surface area (Å²) in [6.07, 6.45) is 0.567. The second-order valence-corrected chi connectivity index (χ2v) is 6.55. The molecule has 0 unspecified atom stereocenters. The average molecular weight is 346 g/mol. The van der Waals surface area contributed by atoms with Crippen molar-refractivity contribution in [1.82, 2.24) is 9.97 Å². The van der Waals surface area contributed by atoms with Gasteiger partial charge in [-0.25, -0.2) is 14.8 Å². The number of nitrogens with zero attached hydrogens (tertiary/aromatic N) is 2. The summed E-state index contributed by atoms with van der Waals surface area (Å²) in [4.78, 5) is 20.7. The van der Waals surface area contributed by atoms with Crippen molar-refractivity contribution in [2.24, 2.45) is 0 Å². The van der Waals surface area contributed by atoms with Crippen LogP contribution in [0.25, 0.3) is 11.3 Å². The predicted molar refractivity (Wildman–Crippen MR) is 90.1 cm³/mol. The summed E-state index contributed by atoms with van der Waals surface area (Å²) < 4.78 is 5.10. The van der Waals surface area contributed by atoms with E-state index in [0.717, 1.165) is 21.3 Å². The van der Waals surface area contributed by atoms with Crippen molar-refractivity contribution >= 4 is 28.6 Å². The molecule has 0 aliphatic carbocycles. The SMILES string of the molecule is CCOC(=O)c1ccccc1-c1csc(Cc2nc(O)cs2)n1. The lowest BCUT2D eigenvalue weighted by Crippen LogP contribution is -2.06. The van der Waals surface area contributed by atoms with Gasteiger partial charge in [0.05, 0.1) is 29.7 Å². The van der Waals surface area contributed by atoms with Crippen LogP contribution in [-0.2, 0) is 11.2 Å². The van der Waals surface area contributed by atoms with Crippen molar-refractivity contribution in [3.63, 3.8) is 0 Å². The normalized spacial score (nSPS) is 10.7. The highest BCUT2D eigenvalue weighted by molar-refractivity contribution is 7.11. The lowest BCUT2D eigenvalue weighted by molar-refractivity contribution is 0.0527. The first-order valence-corrected chi connectivity index (χ1v) is 8.77. The van der Waals surface area contributed by atoms with E-state index >= 15 is 0 Å². The van der Waals surface area contributed by atoms with Crippen LogP contribution in [0.3, 0.4) is 0 Å². The number of hydrogen-bond donors (Lipinski definition) is 1. The summed E-state index contributed by atoms with van der Waals surface area (Å²) in [5, 5.41) is 14.5. The Bertz CT molecular complexity index is 826. The zero-order valence-electron chi connectivity index (χ0n) is 12.4. The van der Waals surface area contributed by atoms with Crippen LogP contribution in [0.1, 0.15) is 27.3 Å². The molecule has 1 aromatic carbocycles. The molecule has 1 N–H and O–H groups in total. The lowest BCUT2D eigenvalue weighted by atomic mass is 10.1. The van der Waals surface area contributed by atoms with E-state index in [1.165, 1.54) is 22.7 Å². The summed E-state index contributed by atoms with van der Waals surface area (Å²) in [5.74, 6) is -0.308. The van der Waals surface area contributed by atoms with E-state index in [2.05, 4.69) is 9.97 Å². The van der Waals surface area contributed by atoms with Gasteiger partial charge in [-0.05, 0) is 13.0 Å². The number of esters is 1. The number of thiazole rings is 2. The van der Waals surface area contributed by atoms with Gasteiger partial charge >= 0.3 is 5.97 Å². The second-order valence-electron chi connectivity index (χ2n) is 4.67. The molecule has 0 spiro atoms. The molecule has 0 bridgehead atoms. The highest BCUT2D eigenvalue weighted by Crippen LogP contribution is 2.28. The van der Waals surface area contributed by atoms with Gasteiger partial charge in [0.15, 0.2) is 0 Å². The second kappa shape index (κ2) is 6.89. The minimum absolute atomic E-state index is 0.0365. The van der Waals surface area contributed by atoms with Crippen molar-refractivity contribution in [1.29, 1.82) is 0 Å².